The van der Waals surface area contributed by atoms with Gasteiger partial charge in [-0.3, -0.25) is 4.57 Å². The van der Waals surface area contributed by atoms with Crippen molar-refractivity contribution in [3.63, 3.8) is 0 Å². The second-order valence-electron chi connectivity index (χ2n) is 9.36. The normalized spacial score (nSPS) is 16.6. The van der Waals surface area contributed by atoms with Crippen molar-refractivity contribution in [1.29, 1.82) is 5.26 Å². The minimum absolute atomic E-state index is 0.0798. The number of fused-ring (bicyclic) bond motifs is 1. The van der Waals surface area contributed by atoms with E-state index in [0.717, 1.165) is 6.92 Å². The standard InChI is InChI=1S/C27H23F4N7O2/c1-16-13-36(26(39)40-17(2)27(29,30)31)9-10-37(16)24-23-20(19-5-3-4-6-21(19)28)14-38(25(23)35-15-34-24)22-11-18(12-32)7-8-33-22/h3-8,11,14-17H,9-10,13H2,1-2H3/t16-,17?/m0/s1. The molecule has 5 rings (SSSR count). The number of rotatable bonds is 4. The molecule has 2 atom stereocenters. The Morgan fingerprint density at radius 2 is 1.93 bits per heavy atom. The maximum Gasteiger partial charge on any atom is 0.425 e. The Balaban J connectivity index is 1.56. The molecule has 13 heteroatoms. The lowest BCUT2D eigenvalue weighted by molar-refractivity contribution is -0.199. The van der Waals surface area contributed by atoms with Crippen LogP contribution in [-0.2, 0) is 4.74 Å². The molecule has 1 unspecified atom stereocenters. The Hall–Kier alpha value is -4.73. The van der Waals surface area contributed by atoms with Crippen molar-refractivity contribution in [3.05, 3.63) is 66.5 Å². The number of piperazine rings is 1. The number of pyridine rings is 1. The lowest BCUT2D eigenvalue weighted by Gasteiger charge is -2.40. The van der Waals surface area contributed by atoms with E-state index in [0.29, 0.717) is 39.4 Å². The average molecular weight is 554 g/mol. The summed E-state index contributed by atoms with van der Waals surface area (Å²) in [4.78, 5) is 28.9. The number of alkyl halides is 3. The van der Waals surface area contributed by atoms with Crippen LogP contribution in [0.25, 0.3) is 28.0 Å². The molecule has 0 bridgehead atoms. The molecule has 1 aromatic carbocycles. The third-order valence-electron chi connectivity index (χ3n) is 6.74. The van der Waals surface area contributed by atoms with Gasteiger partial charge in [-0.15, -0.1) is 0 Å². The maximum absolute atomic E-state index is 15.1. The van der Waals surface area contributed by atoms with Crippen LogP contribution >= 0.6 is 0 Å². The van der Waals surface area contributed by atoms with Gasteiger partial charge in [-0.05, 0) is 32.0 Å². The summed E-state index contributed by atoms with van der Waals surface area (Å²) in [6.07, 6.45) is -3.41. The molecule has 1 amide bonds. The summed E-state index contributed by atoms with van der Waals surface area (Å²) < 4.78 is 60.0. The molecule has 3 aromatic heterocycles. The summed E-state index contributed by atoms with van der Waals surface area (Å²) in [6.45, 7) is 2.98. The molecular formula is C27H23F4N7O2. The lowest BCUT2D eigenvalue weighted by atomic mass is 10.0. The van der Waals surface area contributed by atoms with Crippen LogP contribution in [0.5, 0.6) is 0 Å². The Labute approximate surface area is 226 Å². The number of carbonyl (C=O) groups excluding carboxylic acids is 1. The molecule has 0 saturated carbocycles. The van der Waals surface area contributed by atoms with Crippen LogP contribution in [-0.4, -0.2) is 68.5 Å². The molecule has 40 heavy (non-hydrogen) atoms. The van der Waals surface area contributed by atoms with Crippen molar-refractivity contribution in [2.45, 2.75) is 32.2 Å². The lowest BCUT2D eigenvalue weighted by Crippen LogP contribution is -2.54. The van der Waals surface area contributed by atoms with Gasteiger partial charge in [-0.25, -0.2) is 24.1 Å². The summed E-state index contributed by atoms with van der Waals surface area (Å²) >= 11 is 0. The predicted molar refractivity (Wildman–Crippen MR) is 137 cm³/mol. The number of hydrogen-bond acceptors (Lipinski definition) is 7. The largest absolute Gasteiger partial charge is 0.437 e. The van der Waals surface area contributed by atoms with Crippen molar-refractivity contribution in [3.8, 4) is 23.0 Å². The molecule has 1 fully saturated rings. The Bertz CT molecular complexity index is 1610. The van der Waals surface area contributed by atoms with Crippen molar-refractivity contribution in [2.24, 2.45) is 0 Å². The first-order valence-corrected chi connectivity index (χ1v) is 12.3. The van der Waals surface area contributed by atoms with Gasteiger partial charge in [0.2, 0.25) is 0 Å². The van der Waals surface area contributed by atoms with Gasteiger partial charge in [0.1, 0.15) is 23.8 Å². The molecule has 4 aromatic rings. The number of ether oxygens (including phenoxy) is 1. The summed E-state index contributed by atoms with van der Waals surface area (Å²) in [5, 5.41) is 9.89. The number of hydrogen-bond donors (Lipinski definition) is 0. The van der Waals surface area contributed by atoms with Gasteiger partial charge in [0.15, 0.2) is 11.8 Å². The number of nitrogens with zero attached hydrogens (tertiary/aromatic N) is 7. The fourth-order valence-corrected chi connectivity index (χ4v) is 4.67. The Morgan fingerprint density at radius 1 is 1.15 bits per heavy atom. The van der Waals surface area contributed by atoms with E-state index < -0.39 is 24.2 Å². The van der Waals surface area contributed by atoms with Crippen molar-refractivity contribution in [2.75, 3.05) is 24.5 Å². The van der Waals surface area contributed by atoms with Crippen LogP contribution in [0.2, 0.25) is 0 Å². The molecule has 9 nitrogen and oxygen atoms in total. The summed E-state index contributed by atoms with van der Waals surface area (Å²) in [5.74, 6) is 0.396. The quantitative estimate of drug-likeness (QED) is 0.325. The first-order chi connectivity index (χ1) is 19.1. The molecule has 0 radical (unpaired) electrons. The Kier molecular flexibility index (Phi) is 7.01. The number of aromatic nitrogens is 4. The van der Waals surface area contributed by atoms with Gasteiger partial charge in [0.05, 0.1) is 17.0 Å². The van der Waals surface area contributed by atoms with Crippen LogP contribution < -0.4 is 4.90 Å². The minimum Gasteiger partial charge on any atom is -0.437 e. The number of amides is 1. The highest BCUT2D eigenvalue weighted by Gasteiger charge is 2.41. The highest BCUT2D eigenvalue weighted by Crippen LogP contribution is 2.38. The van der Waals surface area contributed by atoms with E-state index in [1.165, 1.54) is 23.5 Å². The first-order valence-electron chi connectivity index (χ1n) is 12.3. The third-order valence-corrected chi connectivity index (χ3v) is 6.74. The van der Waals surface area contributed by atoms with Gasteiger partial charge in [0.25, 0.3) is 0 Å². The van der Waals surface area contributed by atoms with Crippen LogP contribution in [0.1, 0.15) is 19.4 Å². The minimum atomic E-state index is -4.66. The predicted octanol–water partition coefficient (Wildman–Crippen LogP) is 5.09. The number of halogens is 4. The van der Waals surface area contributed by atoms with Crippen molar-refractivity contribution >= 4 is 22.9 Å². The number of benzene rings is 1. The van der Waals surface area contributed by atoms with Gasteiger partial charge in [-0.2, -0.15) is 18.4 Å². The average Bonchev–Trinajstić information content (AvgIpc) is 3.32. The molecule has 206 valence electrons. The summed E-state index contributed by atoms with van der Waals surface area (Å²) in [5.41, 5.74) is 1.58. The smallest absolute Gasteiger partial charge is 0.425 e. The van der Waals surface area contributed by atoms with E-state index in [4.69, 9.17) is 0 Å². The molecule has 0 spiro atoms. The monoisotopic (exact) mass is 553 g/mol. The van der Waals surface area contributed by atoms with Gasteiger partial charge in [0, 0.05) is 49.2 Å². The molecule has 1 saturated heterocycles. The molecule has 1 aliphatic heterocycles. The van der Waals surface area contributed by atoms with Crippen molar-refractivity contribution in [1.82, 2.24) is 24.4 Å². The molecule has 4 heterocycles. The second-order valence-corrected chi connectivity index (χ2v) is 9.36. The fourth-order valence-electron chi connectivity index (χ4n) is 4.67. The van der Waals surface area contributed by atoms with Gasteiger partial charge >= 0.3 is 12.3 Å². The number of carbonyl (C=O) groups is 1. The molecule has 1 aliphatic rings. The topological polar surface area (TPSA) is 100 Å². The van der Waals surface area contributed by atoms with Crippen LogP contribution in [0.4, 0.5) is 28.2 Å². The van der Waals surface area contributed by atoms with E-state index in [9.17, 15) is 23.2 Å². The third kappa shape index (κ3) is 5.00. The zero-order valence-electron chi connectivity index (χ0n) is 21.4. The highest BCUT2D eigenvalue weighted by molar-refractivity contribution is 6.02. The van der Waals surface area contributed by atoms with E-state index in [-0.39, 0.29) is 25.7 Å². The fraction of sp³-hybridized carbons (Fsp3) is 0.296. The Morgan fingerprint density at radius 3 is 2.62 bits per heavy atom. The van der Waals surface area contributed by atoms with E-state index >= 15 is 4.39 Å². The highest BCUT2D eigenvalue weighted by atomic mass is 19.4. The number of anilines is 1. The van der Waals surface area contributed by atoms with Crippen LogP contribution in [0.15, 0.2) is 55.1 Å². The second kappa shape index (κ2) is 10.4. The summed E-state index contributed by atoms with van der Waals surface area (Å²) in [6, 6.07) is 11.1. The van der Waals surface area contributed by atoms with Crippen molar-refractivity contribution < 1.29 is 27.1 Å². The van der Waals surface area contributed by atoms with Gasteiger partial charge in [-0.1, -0.05) is 18.2 Å². The van der Waals surface area contributed by atoms with E-state index in [1.54, 1.807) is 48.0 Å². The SMILES string of the molecule is CC(OC(=O)N1CCN(c2ncnc3c2c(-c2ccccc2F)cn3-c2cc(C#N)ccn2)[C@@H](C)C1)C(F)(F)F. The van der Waals surface area contributed by atoms with E-state index in [2.05, 4.69) is 25.8 Å². The number of nitriles is 1. The van der Waals surface area contributed by atoms with Crippen LogP contribution in [0.3, 0.4) is 0 Å². The van der Waals surface area contributed by atoms with Crippen LogP contribution in [0, 0.1) is 17.1 Å². The first kappa shape index (κ1) is 26.9. The maximum atomic E-state index is 15.1. The zero-order chi connectivity index (χ0) is 28.6. The van der Waals surface area contributed by atoms with Gasteiger partial charge < -0.3 is 14.5 Å². The molecule has 0 aliphatic carbocycles. The molecular weight excluding hydrogens is 530 g/mol. The zero-order valence-corrected chi connectivity index (χ0v) is 21.4. The summed E-state index contributed by atoms with van der Waals surface area (Å²) in [7, 11) is 0. The molecule has 0 N–H and O–H groups in total. The van der Waals surface area contributed by atoms with E-state index in [1.807, 2.05) is 4.90 Å².